The quantitative estimate of drug-likeness (QED) is 0.748. The zero-order valence-electron chi connectivity index (χ0n) is 11.5. The minimum absolute atomic E-state index is 0.0125. The minimum atomic E-state index is -0.799. The number of carboxylic acids is 1. The van der Waals surface area contributed by atoms with E-state index in [-0.39, 0.29) is 17.6 Å². The third-order valence-corrected chi connectivity index (χ3v) is 3.63. The molecule has 1 aliphatic rings. The molecule has 2 unspecified atom stereocenters. The number of rotatable bonds is 6. The number of carboxylic acid groups (broad SMARTS) is 1. The summed E-state index contributed by atoms with van der Waals surface area (Å²) in [7, 11) is 0. The first-order valence-electron chi connectivity index (χ1n) is 6.35. The van der Waals surface area contributed by atoms with Gasteiger partial charge in [-0.25, -0.2) is 0 Å². The lowest BCUT2D eigenvalue weighted by Gasteiger charge is -2.52. The van der Waals surface area contributed by atoms with Gasteiger partial charge in [-0.15, -0.1) is 0 Å². The molecule has 0 heterocycles. The van der Waals surface area contributed by atoms with Crippen LogP contribution in [0.2, 0.25) is 0 Å². The predicted octanol–water partition coefficient (Wildman–Crippen LogP) is 1.89. The highest BCUT2D eigenvalue weighted by atomic mass is 16.5. The van der Waals surface area contributed by atoms with Crippen molar-refractivity contribution < 1.29 is 14.6 Å². The average molecular weight is 243 g/mol. The lowest BCUT2D eigenvalue weighted by atomic mass is 9.64. The van der Waals surface area contributed by atoms with Crippen LogP contribution in [0.3, 0.4) is 0 Å². The fourth-order valence-corrected chi connectivity index (χ4v) is 2.13. The molecule has 100 valence electrons. The first-order valence-corrected chi connectivity index (χ1v) is 6.35. The third kappa shape index (κ3) is 3.42. The van der Waals surface area contributed by atoms with Gasteiger partial charge in [0.1, 0.15) is 6.04 Å². The topological polar surface area (TPSA) is 58.6 Å². The molecule has 0 amide bonds. The molecule has 2 N–H and O–H groups in total. The molecule has 0 saturated heterocycles. The number of carbonyl (C=O) groups is 1. The van der Waals surface area contributed by atoms with Crippen molar-refractivity contribution in [1.29, 1.82) is 0 Å². The van der Waals surface area contributed by atoms with Crippen LogP contribution in [-0.2, 0) is 9.53 Å². The Balaban J connectivity index is 2.41. The predicted molar refractivity (Wildman–Crippen MR) is 67.0 cm³/mol. The molecule has 4 heteroatoms. The molecule has 0 bridgehead atoms. The van der Waals surface area contributed by atoms with Gasteiger partial charge < -0.3 is 15.2 Å². The van der Waals surface area contributed by atoms with Crippen molar-refractivity contribution >= 4 is 5.97 Å². The molecule has 3 atom stereocenters. The largest absolute Gasteiger partial charge is 0.480 e. The summed E-state index contributed by atoms with van der Waals surface area (Å²) >= 11 is 0. The van der Waals surface area contributed by atoms with Gasteiger partial charge in [0.15, 0.2) is 0 Å². The van der Waals surface area contributed by atoms with E-state index in [4.69, 9.17) is 9.84 Å². The van der Waals surface area contributed by atoms with Crippen molar-refractivity contribution in [3.63, 3.8) is 0 Å². The first-order chi connectivity index (χ1) is 7.75. The summed E-state index contributed by atoms with van der Waals surface area (Å²) in [5.41, 5.74) is 0.0125. The summed E-state index contributed by atoms with van der Waals surface area (Å²) in [6, 6.07) is -0.268. The third-order valence-electron chi connectivity index (χ3n) is 3.63. The van der Waals surface area contributed by atoms with E-state index in [1.54, 1.807) is 6.92 Å². The molecule has 0 aromatic rings. The summed E-state index contributed by atoms with van der Waals surface area (Å²) in [6.45, 7) is 11.0. The molecule has 0 aliphatic heterocycles. The average Bonchev–Trinajstić information content (AvgIpc) is 2.21. The van der Waals surface area contributed by atoms with Gasteiger partial charge in [0, 0.05) is 18.1 Å². The number of aliphatic carboxylic acids is 1. The van der Waals surface area contributed by atoms with Crippen molar-refractivity contribution in [2.24, 2.45) is 11.3 Å². The van der Waals surface area contributed by atoms with Crippen molar-refractivity contribution in [2.75, 3.05) is 6.61 Å². The Morgan fingerprint density at radius 2 is 2.06 bits per heavy atom. The second-order valence-electron chi connectivity index (χ2n) is 6.05. The highest BCUT2D eigenvalue weighted by Crippen LogP contribution is 2.43. The molecular formula is C13H25NO3. The van der Waals surface area contributed by atoms with Crippen LogP contribution in [0.25, 0.3) is 0 Å². The summed E-state index contributed by atoms with van der Waals surface area (Å²) < 4.78 is 5.84. The first kappa shape index (κ1) is 14.5. The SMILES string of the molecule is CC(C)COC1CC(N[C@@H](C)C(=O)O)C1(C)C. The van der Waals surface area contributed by atoms with Gasteiger partial charge in [0.05, 0.1) is 6.10 Å². The summed E-state index contributed by atoms with van der Waals surface area (Å²) in [5.74, 6) is -0.261. The van der Waals surface area contributed by atoms with Crippen LogP contribution < -0.4 is 5.32 Å². The van der Waals surface area contributed by atoms with Gasteiger partial charge in [-0.05, 0) is 19.3 Å². The Labute approximate surface area is 104 Å². The second-order valence-corrected chi connectivity index (χ2v) is 6.05. The second kappa shape index (κ2) is 5.36. The van der Waals surface area contributed by atoms with E-state index < -0.39 is 12.0 Å². The van der Waals surface area contributed by atoms with Crippen LogP contribution in [0.1, 0.15) is 41.0 Å². The Morgan fingerprint density at radius 3 is 2.47 bits per heavy atom. The van der Waals surface area contributed by atoms with E-state index in [1.165, 1.54) is 0 Å². The highest BCUT2D eigenvalue weighted by molar-refractivity contribution is 5.72. The van der Waals surface area contributed by atoms with Crippen molar-refractivity contribution in [3.8, 4) is 0 Å². The summed E-state index contributed by atoms with van der Waals surface area (Å²) in [4.78, 5) is 10.8. The van der Waals surface area contributed by atoms with Crippen LogP contribution in [0.5, 0.6) is 0 Å². The van der Waals surface area contributed by atoms with Crippen LogP contribution in [0.4, 0.5) is 0 Å². The van der Waals surface area contributed by atoms with Crippen LogP contribution in [-0.4, -0.2) is 35.9 Å². The maximum atomic E-state index is 10.8. The number of ether oxygens (including phenoxy) is 1. The van der Waals surface area contributed by atoms with Gasteiger partial charge in [-0.2, -0.15) is 0 Å². The number of nitrogens with one attached hydrogen (secondary N) is 1. The van der Waals surface area contributed by atoms with Crippen LogP contribution >= 0.6 is 0 Å². The van der Waals surface area contributed by atoms with Crippen molar-refractivity contribution in [3.05, 3.63) is 0 Å². The lowest BCUT2D eigenvalue weighted by molar-refractivity contribution is -0.145. The molecule has 0 aromatic carbocycles. The minimum Gasteiger partial charge on any atom is -0.480 e. The Hall–Kier alpha value is -0.610. The molecule has 0 radical (unpaired) electrons. The molecule has 1 fully saturated rings. The zero-order chi connectivity index (χ0) is 13.2. The Bertz CT molecular complexity index is 276. The van der Waals surface area contributed by atoms with Crippen molar-refractivity contribution in [2.45, 2.75) is 59.2 Å². The van der Waals surface area contributed by atoms with E-state index in [1.807, 2.05) is 0 Å². The molecule has 0 spiro atoms. The van der Waals surface area contributed by atoms with E-state index >= 15 is 0 Å². The molecule has 0 aromatic heterocycles. The fraction of sp³-hybridized carbons (Fsp3) is 0.923. The van der Waals surface area contributed by atoms with Gasteiger partial charge >= 0.3 is 5.97 Å². The van der Waals surface area contributed by atoms with Crippen LogP contribution in [0, 0.1) is 11.3 Å². The molecule has 17 heavy (non-hydrogen) atoms. The van der Waals surface area contributed by atoms with Crippen molar-refractivity contribution in [1.82, 2.24) is 5.32 Å². The van der Waals surface area contributed by atoms with E-state index in [0.717, 1.165) is 13.0 Å². The van der Waals surface area contributed by atoms with E-state index in [0.29, 0.717) is 5.92 Å². The molecule has 4 nitrogen and oxygen atoms in total. The molecule has 1 aliphatic carbocycles. The van der Waals surface area contributed by atoms with Gasteiger partial charge in [-0.3, -0.25) is 4.79 Å². The Morgan fingerprint density at radius 1 is 1.47 bits per heavy atom. The number of hydrogen-bond acceptors (Lipinski definition) is 3. The summed E-state index contributed by atoms with van der Waals surface area (Å²) in [6.07, 6.45) is 1.14. The lowest BCUT2D eigenvalue weighted by Crippen LogP contribution is -2.63. The fourth-order valence-electron chi connectivity index (χ4n) is 2.13. The molecule has 1 rings (SSSR count). The normalized spacial score (nSPS) is 28.8. The summed E-state index contributed by atoms with van der Waals surface area (Å²) in [5, 5.41) is 12.0. The van der Waals surface area contributed by atoms with Crippen LogP contribution in [0.15, 0.2) is 0 Å². The van der Waals surface area contributed by atoms with Gasteiger partial charge in [0.2, 0.25) is 0 Å². The van der Waals surface area contributed by atoms with Gasteiger partial charge in [0.25, 0.3) is 0 Å². The highest BCUT2D eigenvalue weighted by Gasteiger charge is 2.49. The molecular weight excluding hydrogens is 218 g/mol. The maximum absolute atomic E-state index is 10.8. The van der Waals surface area contributed by atoms with E-state index in [2.05, 4.69) is 33.0 Å². The monoisotopic (exact) mass is 243 g/mol. The number of hydrogen-bond donors (Lipinski definition) is 2. The zero-order valence-corrected chi connectivity index (χ0v) is 11.5. The smallest absolute Gasteiger partial charge is 0.320 e. The van der Waals surface area contributed by atoms with Gasteiger partial charge in [-0.1, -0.05) is 27.7 Å². The maximum Gasteiger partial charge on any atom is 0.320 e. The standard InChI is InChI=1S/C13H25NO3/c1-8(2)7-17-11-6-10(13(11,4)5)14-9(3)12(15)16/h8-11,14H,6-7H2,1-5H3,(H,15,16)/t9-,10?,11?/m0/s1. The van der Waals surface area contributed by atoms with E-state index in [9.17, 15) is 4.79 Å². The molecule has 1 saturated carbocycles. The Kier molecular flexibility index (Phi) is 4.55.